The number of hydrogen-bond acceptors (Lipinski definition) is 4. The Bertz CT molecular complexity index is 806. The van der Waals surface area contributed by atoms with Crippen LogP contribution in [0.4, 0.5) is 5.69 Å². The van der Waals surface area contributed by atoms with E-state index in [1.165, 1.54) is 0 Å². The van der Waals surface area contributed by atoms with Crippen LogP contribution in [-0.2, 0) is 16.0 Å². The predicted molar refractivity (Wildman–Crippen MR) is 93.8 cm³/mol. The van der Waals surface area contributed by atoms with Gasteiger partial charge in [0.25, 0.3) is 0 Å². The lowest BCUT2D eigenvalue weighted by Crippen LogP contribution is -2.34. The number of carbonyl (C=O) groups excluding carboxylic acids is 2. The molecule has 2 rings (SSSR count). The third-order valence-electron chi connectivity index (χ3n) is 3.38. The standard InChI is InChI=1S/C16H17BrN4O3/c1-9-11(10(2)20-16(24)19-9)7-14(22)18-8-15(23)21-13-6-4-3-5-12(13)17/h3-6H,7-8H2,1-2H3,(H,18,22)(H,21,23)(H,19,20,24). The van der Waals surface area contributed by atoms with E-state index >= 15 is 0 Å². The minimum Gasteiger partial charge on any atom is -0.347 e. The zero-order chi connectivity index (χ0) is 17.7. The zero-order valence-electron chi connectivity index (χ0n) is 13.3. The lowest BCUT2D eigenvalue weighted by molar-refractivity contribution is -0.123. The summed E-state index contributed by atoms with van der Waals surface area (Å²) in [6.07, 6.45) is 0.0454. The minimum absolute atomic E-state index is 0.0454. The van der Waals surface area contributed by atoms with E-state index in [9.17, 15) is 14.4 Å². The van der Waals surface area contributed by atoms with Gasteiger partial charge in [-0.3, -0.25) is 9.59 Å². The highest BCUT2D eigenvalue weighted by Gasteiger charge is 2.12. The summed E-state index contributed by atoms with van der Waals surface area (Å²) in [7, 11) is 0. The van der Waals surface area contributed by atoms with Gasteiger partial charge in [-0.05, 0) is 41.9 Å². The molecule has 7 nitrogen and oxygen atoms in total. The van der Waals surface area contributed by atoms with Gasteiger partial charge in [-0.1, -0.05) is 12.1 Å². The molecule has 0 fully saturated rings. The summed E-state index contributed by atoms with van der Waals surface area (Å²) in [5.74, 6) is -0.652. The van der Waals surface area contributed by atoms with Crippen LogP contribution in [0.5, 0.6) is 0 Å². The summed E-state index contributed by atoms with van der Waals surface area (Å²) in [6.45, 7) is 3.23. The van der Waals surface area contributed by atoms with Gasteiger partial charge in [0.05, 0.1) is 18.7 Å². The Labute approximate surface area is 147 Å². The molecule has 3 N–H and O–H groups in total. The van der Waals surface area contributed by atoms with Gasteiger partial charge in [-0.25, -0.2) is 4.79 Å². The largest absolute Gasteiger partial charge is 0.347 e. The molecule has 0 radical (unpaired) electrons. The van der Waals surface area contributed by atoms with Crippen LogP contribution >= 0.6 is 15.9 Å². The number of nitrogens with one attached hydrogen (secondary N) is 3. The van der Waals surface area contributed by atoms with Crippen LogP contribution in [0.2, 0.25) is 0 Å². The third kappa shape index (κ3) is 4.76. The van der Waals surface area contributed by atoms with Crippen LogP contribution in [0.25, 0.3) is 0 Å². The molecule has 1 aromatic carbocycles. The number of carbonyl (C=O) groups is 2. The second-order valence-corrected chi connectivity index (χ2v) is 6.07. The van der Waals surface area contributed by atoms with Crippen LogP contribution in [-0.4, -0.2) is 28.3 Å². The summed E-state index contributed by atoms with van der Waals surface area (Å²) in [5.41, 5.74) is 1.94. The van der Waals surface area contributed by atoms with Crippen molar-refractivity contribution in [1.82, 2.24) is 15.3 Å². The quantitative estimate of drug-likeness (QED) is 0.715. The highest BCUT2D eigenvalue weighted by molar-refractivity contribution is 9.10. The van der Waals surface area contributed by atoms with Crippen molar-refractivity contribution in [3.63, 3.8) is 0 Å². The molecular formula is C16H17BrN4O3. The fourth-order valence-electron chi connectivity index (χ4n) is 2.17. The number of aromatic nitrogens is 2. The van der Waals surface area contributed by atoms with E-state index in [1.54, 1.807) is 26.0 Å². The predicted octanol–water partition coefficient (Wildman–Crippen LogP) is 1.45. The van der Waals surface area contributed by atoms with Crippen molar-refractivity contribution in [3.05, 3.63) is 56.2 Å². The molecule has 0 saturated carbocycles. The van der Waals surface area contributed by atoms with Crippen LogP contribution in [0.1, 0.15) is 17.0 Å². The first-order valence-corrected chi connectivity index (χ1v) is 8.03. The lowest BCUT2D eigenvalue weighted by Gasteiger charge is -2.10. The molecule has 0 aliphatic rings. The Morgan fingerprint density at radius 1 is 1.21 bits per heavy atom. The van der Waals surface area contributed by atoms with Crippen molar-refractivity contribution >= 4 is 33.4 Å². The smallest absolute Gasteiger partial charge is 0.345 e. The fourth-order valence-corrected chi connectivity index (χ4v) is 2.56. The van der Waals surface area contributed by atoms with Crippen LogP contribution in [0.3, 0.4) is 0 Å². The normalized spacial score (nSPS) is 10.3. The first-order chi connectivity index (χ1) is 11.4. The minimum atomic E-state index is -0.443. The van der Waals surface area contributed by atoms with E-state index in [1.807, 2.05) is 12.1 Å². The number of aromatic amines is 1. The zero-order valence-corrected chi connectivity index (χ0v) is 14.9. The Balaban J connectivity index is 1.91. The Hall–Kier alpha value is -2.48. The number of benzene rings is 1. The SMILES string of the molecule is Cc1nc(=O)[nH]c(C)c1CC(=O)NCC(=O)Nc1ccccc1Br. The van der Waals surface area contributed by atoms with E-state index in [-0.39, 0.29) is 24.8 Å². The molecule has 1 heterocycles. The molecular weight excluding hydrogens is 376 g/mol. The second-order valence-electron chi connectivity index (χ2n) is 5.21. The number of nitrogens with zero attached hydrogens (tertiary/aromatic N) is 1. The number of amides is 2. The summed E-state index contributed by atoms with van der Waals surface area (Å²) in [6, 6.07) is 7.20. The molecule has 126 valence electrons. The topological polar surface area (TPSA) is 104 Å². The monoisotopic (exact) mass is 392 g/mol. The van der Waals surface area contributed by atoms with Crippen LogP contribution in [0.15, 0.2) is 33.5 Å². The summed E-state index contributed by atoms with van der Waals surface area (Å²) >= 11 is 3.33. The van der Waals surface area contributed by atoms with E-state index in [2.05, 4.69) is 36.5 Å². The third-order valence-corrected chi connectivity index (χ3v) is 4.08. The van der Waals surface area contributed by atoms with Crippen molar-refractivity contribution in [2.45, 2.75) is 20.3 Å². The number of rotatable bonds is 5. The van der Waals surface area contributed by atoms with E-state index < -0.39 is 5.69 Å². The number of anilines is 1. The molecule has 0 aliphatic carbocycles. The summed E-state index contributed by atoms with van der Waals surface area (Å²) in [5, 5.41) is 5.25. The molecule has 1 aromatic heterocycles. The molecule has 0 spiro atoms. The van der Waals surface area contributed by atoms with Gasteiger partial charge >= 0.3 is 5.69 Å². The molecule has 8 heteroatoms. The number of aryl methyl sites for hydroxylation is 2. The fraction of sp³-hybridized carbons (Fsp3) is 0.250. The second kappa shape index (κ2) is 7.87. The molecule has 2 amide bonds. The Morgan fingerprint density at radius 2 is 1.92 bits per heavy atom. The first-order valence-electron chi connectivity index (χ1n) is 7.24. The molecule has 24 heavy (non-hydrogen) atoms. The van der Waals surface area contributed by atoms with Gasteiger partial charge < -0.3 is 15.6 Å². The average Bonchev–Trinajstić information content (AvgIpc) is 2.51. The summed E-state index contributed by atoms with van der Waals surface area (Å²) in [4.78, 5) is 41.5. The van der Waals surface area contributed by atoms with E-state index in [0.717, 1.165) is 4.47 Å². The van der Waals surface area contributed by atoms with Gasteiger partial charge in [0.2, 0.25) is 11.8 Å². The summed E-state index contributed by atoms with van der Waals surface area (Å²) < 4.78 is 0.759. The average molecular weight is 393 g/mol. The van der Waals surface area contributed by atoms with Crippen LogP contribution < -0.4 is 16.3 Å². The highest BCUT2D eigenvalue weighted by Crippen LogP contribution is 2.20. The van der Waals surface area contributed by atoms with Gasteiger partial charge in [0.1, 0.15) is 0 Å². The van der Waals surface area contributed by atoms with Crippen molar-refractivity contribution in [1.29, 1.82) is 0 Å². The maximum atomic E-state index is 12.0. The van der Waals surface area contributed by atoms with Gasteiger partial charge in [-0.15, -0.1) is 0 Å². The molecule has 0 saturated heterocycles. The number of halogens is 1. The van der Waals surface area contributed by atoms with Gasteiger partial charge in [0, 0.05) is 21.4 Å². The van der Waals surface area contributed by atoms with Crippen molar-refractivity contribution in [2.75, 3.05) is 11.9 Å². The van der Waals surface area contributed by atoms with Crippen molar-refractivity contribution < 1.29 is 9.59 Å². The Kier molecular flexibility index (Phi) is 5.86. The highest BCUT2D eigenvalue weighted by atomic mass is 79.9. The maximum absolute atomic E-state index is 12.0. The number of para-hydroxylation sites is 1. The maximum Gasteiger partial charge on any atom is 0.345 e. The van der Waals surface area contributed by atoms with Gasteiger partial charge in [0.15, 0.2) is 0 Å². The molecule has 0 bridgehead atoms. The van der Waals surface area contributed by atoms with Crippen LogP contribution in [0, 0.1) is 13.8 Å². The lowest BCUT2D eigenvalue weighted by atomic mass is 10.1. The van der Waals surface area contributed by atoms with Crippen molar-refractivity contribution in [2.24, 2.45) is 0 Å². The molecule has 2 aromatic rings. The number of hydrogen-bond donors (Lipinski definition) is 3. The van der Waals surface area contributed by atoms with Gasteiger partial charge in [-0.2, -0.15) is 4.98 Å². The molecule has 0 atom stereocenters. The van der Waals surface area contributed by atoms with E-state index in [0.29, 0.717) is 22.6 Å². The molecule has 0 aliphatic heterocycles. The van der Waals surface area contributed by atoms with E-state index in [4.69, 9.17) is 0 Å². The van der Waals surface area contributed by atoms with Crippen molar-refractivity contribution in [3.8, 4) is 0 Å². The Morgan fingerprint density at radius 3 is 2.58 bits per heavy atom. The molecule has 0 unspecified atom stereocenters. The number of H-pyrrole nitrogens is 1. The first kappa shape index (κ1) is 17.9.